The Hall–Kier alpha value is -2.89. The van der Waals surface area contributed by atoms with Crippen LogP contribution in [0.3, 0.4) is 0 Å². The van der Waals surface area contributed by atoms with Crippen LogP contribution in [0, 0.1) is 5.82 Å². The minimum Gasteiger partial charge on any atom is -0.370 e. The third-order valence-corrected chi connectivity index (χ3v) is 3.08. The van der Waals surface area contributed by atoms with Gasteiger partial charge in [-0.1, -0.05) is 30.3 Å². The van der Waals surface area contributed by atoms with Gasteiger partial charge in [0.2, 0.25) is 5.91 Å². The first kappa shape index (κ1) is 16.5. The van der Waals surface area contributed by atoms with Crippen molar-refractivity contribution in [3.63, 3.8) is 0 Å². The van der Waals surface area contributed by atoms with Crippen LogP contribution in [0.1, 0.15) is 5.56 Å². The Morgan fingerprint density at radius 2 is 1.78 bits per heavy atom. The van der Waals surface area contributed by atoms with Crippen LogP contribution in [-0.4, -0.2) is 25.0 Å². The van der Waals surface area contributed by atoms with Crippen molar-refractivity contribution in [3.8, 4) is 0 Å². The molecule has 0 heterocycles. The summed E-state index contributed by atoms with van der Waals surface area (Å²) in [4.78, 5) is 15.7. The van der Waals surface area contributed by atoms with Crippen molar-refractivity contribution >= 4 is 17.6 Å². The molecule has 0 fully saturated rings. The van der Waals surface area contributed by atoms with Crippen molar-refractivity contribution < 1.29 is 9.18 Å². The zero-order valence-electron chi connectivity index (χ0n) is 12.6. The maximum atomic E-state index is 12.8. The molecule has 0 unspecified atom stereocenters. The summed E-state index contributed by atoms with van der Waals surface area (Å²) in [5.41, 5.74) is 7.42. The van der Waals surface area contributed by atoms with Gasteiger partial charge in [0.1, 0.15) is 12.4 Å². The Morgan fingerprint density at radius 1 is 1.09 bits per heavy atom. The average Bonchev–Trinajstić information content (AvgIpc) is 2.56. The number of carbonyl (C=O) groups excluding carboxylic acids is 1. The number of carbonyl (C=O) groups is 1. The summed E-state index contributed by atoms with van der Waals surface area (Å²) in [6.07, 6.45) is 0.818. The van der Waals surface area contributed by atoms with Gasteiger partial charge in [-0.25, -0.2) is 9.38 Å². The van der Waals surface area contributed by atoms with Gasteiger partial charge in [-0.05, 0) is 36.2 Å². The molecule has 0 bridgehead atoms. The number of amides is 1. The van der Waals surface area contributed by atoms with Crippen LogP contribution in [0.25, 0.3) is 0 Å². The molecule has 0 aromatic heterocycles. The Morgan fingerprint density at radius 3 is 2.48 bits per heavy atom. The van der Waals surface area contributed by atoms with Gasteiger partial charge in [0, 0.05) is 12.2 Å². The lowest BCUT2D eigenvalue weighted by atomic mass is 10.1. The maximum Gasteiger partial charge on any atom is 0.246 e. The number of halogens is 1. The van der Waals surface area contributed by atoms with Crippen molar-refractivity contribution in [2.24, 2.45) is 10.7 Å². The van der Waals surface area contributed by atoms with Gasteiger partial charge in [-0.2, -0.15) is 0 Å². The summed E-state index contributed by atoms with van der Waals surface area (Å²) in [5, 5.41) is 5.57. The van der Waals surface area contributed by atoms with Crippen molar-refractivity contribution in [1.82, 2.24) is 5.32 Å². The highest BCUT2D eigenvalue weighted by Crippen LogP contribution is 2.07. The van der Waals surface area contributed by atoms with E-state index in [9.17, 15) is 9.18 Å². The fourth-order valence-electron chi connectivity index (χ4n) is 1.93. The molecule has 0 aliphatic carbocycles. The van der Waals surface area contributed by atoms with Crippen LogP contribution in [0.2, 0.25) is 0 Å². The number of guanidine groups is 1. The van der Waals surface area contributed by atoms with Gasteiger partial charge in [-0.3, -0.25) is 4.79 Å². The summed E-state index contributed by atoms with van der Waals surface area (Å²) in [6, 6.07) is 15.5. The lowest BCUT2D eigenvalue weighted by Gasteiger charge is -2.06. The van der Waals surface area contributed by atoms with Gasteiger partial charge >= 0.3 is 0 Å². The van der Waals surface area contributed by atoms with E-state index in [1.165, 1.54) is 29.8 Å². The molecule has 2 aromatic carbocycles. The molecule has 4 N–H and O–H groups in total. The van der Waals surface area contributed by atoms with Crippen molar-refractivity contribution in [1.29, 1.82) is 0 Å². The van der Waals surface area contributed by atoms with E-state index < -0.39 is 0 Å². The number of rotatable bonds is 6. The molecule has 2 aromatic rings. The van der Waals surface area contributed by atoms with Crippen molar-refractivity contribution in [2.75, 3.05) is 18.4 Å². The SMILES string of the molecule is NC(=NCC(=O)Nc1ccc(F)cc1)NCCc1ccccc1. The summed E-state index contributed by atoms with van der Waals surface area (Å²) in [7, 11) is 0. The lowest BCUT2D eigenvalue weighted by molar-refractivity contribution is -0.114. The summed E-state index contributed by atoms with van der Waals surface area (Å²) < 4.78 is 12.8. The van der Waals surface area contributed by atoms with Crippen LogP contribution >= 0.6 is 0 Å². The molecule has 5 nitrogen and oxygen atoms in total. The normalized spacial score (nSPS) is 11.1. The number of nitrogens with two attached hydrogens (primary N) is 1. The number of nitrogens with one attached hydrogen (secondary N) is 2. The van der Waals surface area contributed by atoms with Crippen LogP contribution in [0.15, 0.2) is 59.6 Å². The molecule has 23 heavy (non-hydrogen) atoms. The second kappa shape index (κ2) is 8.53. The Balaban J connectivity index is 1.71. The standard InChI is InChI=1S/C17H19FN4O/c18-14-6-8-15(9-7-14)22-16(23)12-21-17(19)20-11-10-13-4-2-1-3-5-13/h1-9H,10-12H2,(H,22,23)(H3,19,20,21). The van der Waals surface area contributed by atoms with Gasteiger partial charge in [-0.15, -0.1) is 0 Å². The van der Waals surface area contributed by atoms with Crippen LogP contribution in [0.5, 0.6) is 0 Å². The highest BCUT2D eigenvalue weighted by Gasteiger charge is 2.02. The molecule has 0 radical (unpaired) electrons. The highest BCUT2D eigenvalue weighted by molar-refractivity contribution is 5.93. The monoisotopic (exact) mass is 314 g/mol. The molecule has 0 saturated carbocycles. The number of benzene rings is 2. The van der Waals surface area contributed by atoms with Crippen LogP contribution in [-0.2, 0) is 11.2 Å². The molecule has 0 spiro atoms. The molecular formula is C17H19FN4O. The molecule has 0 aliphatic heterocycles. The zero-order chi connectivity index (χ0) is 16.5. The number of hydrogen-bond donors (Lipinski definition) is 3. The smallest absolute Gasteiger partial charge is 0.246 e. The number of nitrogens with zero attached hydrogens (tertiary/aromatic N) is 1. The molecule has 0 aliphatic rings. The molecular weight excluding hydrogens is 295 g/mol. The topological polar surface area (TPSA) is 79.5 Å². The largest absolute Gasteiger partial charge is 0.370 e. The third-order valence-electron chi connectivity index (χ3n) is 3.08. The predicted molar refractivity (Wildman–Crippen MR) is 89.7 cm³/mol. The second-order valence-electron chi connectivity index (χ2n) is 4.92. The average molecular weight is 314 g/mol. The van der Waals surface area contributed by atoms with Crippen molar-refractivity contribution in [2.45, 2.75) is 6.42 Å². The van der Waals surface area contributed by atoms with Crippen molar-refractivity contribution in [3.05, 3.63) is 66.0 Å². The van der Waals surface area contributed by atoms with Gasteiger partial charge < -0.3 is 16.4 Å². The number of hydrogen-bond acceptors (Lipinski definition) is 2. The fourth-order valence-corrected chi connectivity index (χ4v) is 1.93. The second-order valence-corrected chi connectivity index (χ2v) is 4.92. The molecule has 2 rings (SSSR count). The van der Waals surface area contributed by atoms with E-state index in [2.05, 4.69) is 15.6 Å². The first-order chi connectivity index (χ1) is 11.1. The van der Waals surface area contributed by atoms with Crippen LogP contribution < -0.4 is 16.4 Å². The summed E-state index contributed by atoms with van der Waals surface area (Å²) in [6.45, 7) is 0.542. The van der Waals surface area contributed by atoms with Gasteiger partial charge in [0.05, 0.1) is 0 Å². The maximum absolute atomic E-state index is 12.8. The predicted octanol–water partition coefficient (Wildman–Crippen LogP) is 1.91. The quantitative estimate of drug-likeness (QED) is 0.563. The molecule has 1 amide bonds. The van der Waals surface area contributed by atoms with E-state index >= 15 is 0 Å². The van der Waals surface area contributed by atoms with Gasteiger partial charge in [0.15, 0.2) is 5.96 Å². The Labute approximate surface area is 134 Å². The molecule has 120 valence electrons. The van der Waals surface area contributed by atoms with E-state index in [1.54, 1.807) is 0 Å². The van der Waals surface area contributed by atoms with Crippen LogP contribution in [0.4, 0.5) is 10.1 Å². The van der Waals surface area contributed by atoms with E-state index in [-0.39, 0.29) is 24.2 Å². The summed E-state index contributed by atoms with van der Waals surface area (Å²) in [5.74, 6) is -0.451. The summed E-state index contributed by atoms with van der Waals surface area (Å²) >= 11 is 0. The first-order valence-corrected chi connectivity index (χ1v) is 7.26. The molecule has 0 saturated heterocycles. The molecule has 0 atom stereocenters. The van der Waals surface area contributed by atoms with E-state index in [0.29, 0.717) is 12.2 Å². The van der Waals surface area contributed by atoms with Gasteiger partial charge in [0.25, 0.3) is 0 Å². The third kappa shape index (κ3) is 6.17. The minimum absolute atomic E-state index is 0.0957. The van der Waals surface area contributed by atoms with E-state index in [1.807, 2.05) is 30.3 Å². The first-order valence-electron chi connectivity index (χ1n) is 7.26. The number of aliphatic imine (C=N–C) groups is 1. The Kier molecular flexibility index (Phi) is 6.11. The zero-order valence-corrected chi connectivity index (χ0v) is 12.6. The fraction of sp³-hybridized carbons (Fsp3) is 0.176. The van der Waals surface area contributed by atoms with E-state index in [0.717, 1.165) is 6.42 Å². The number of anilines is 1. The van der Waals surface area contributed by atoms with E-state index in [4.69, 9.17) is 5.73 Å². The minimum atomic E-state index is -0.354. The highest BCUT2D eigenvalue weighted by atomic mass is 19.1. The Bertz CT molecular complexity index is 656. The lowest BCUT2D eigenvalue weighted by Crippen LogP contribution is -2.34. The molecule has 6 heteroatoms.